The first-order valence-corrected chi connectivity index (χ1v) is 10.0. The molecule has 1 amide bonds. The van der Waals surface area contributed by atoms with Gasteiger partial charge in [0.25, 0.3) is 0 Å². The minimum Gasteiger partial charge on any atom is -0.478 e. The van der Waals surface area contributed by atoms with Gasteiger partial charge in [0.2, 0.25) is 0 Å². The molecule has 7 heteroatoms. The number of benzene rings is 1. The van der Waals surface area contributed by atoms with E-state index in [0.29, 0.717) is 25.2 Å². The highest BCUT2D eigenvalue weighted by molar-refractivity contribution is 5.94. The lowest BCUT2D eigenvalue weighted by Crippen LogP contribution is -2.49. The van der Waals surface area contributed by atoms with Crippen molar-refractivity contribution in [2.24, 2.45) is 0 Å². The Bertz CT molecular complexity index is 715. The van der Waals surface area contributed by atoms with Gasteiger partial charge in [-0.1, -0.05) is 6.07 Å². The number of hydrogen-bond acceptors (Lipinski definition) is 5. The molecule has 0 radical (unpaired) electrons. The summed E-state index contributed by atoms with van der Waals surface area (Å²) in [4.78, 5) is 30.1. The van der Waals surface area contributed by atoms with E-state index in [2.05, 4.69) is 9.80 Å². The molecule has 0 spiro atoms. The van der Waals surface area contributed by atoms with Gasteiger partial charge in [0, 0.05) is 45.8 Å². The Morgan fingerprint density at radius 3 is 2.25 bits per heavy atom. The molecule has 2 heterocycles. The van der Waals surface area contributed by atoms with E-state index in [0.717, 1.165) is 50.3 Å². The third-order valence-electron chi connectivity index (χ3n) is 5.17. The Kier molecular flexibility index (Phi) is 6.13. The zero-order valence-corrected chi connectivity index (χ0v) is 17.1. The van der Waals surface area contributed by atoms with E-state index in [9.17, 15) is 14.7 Å². The number of aromatic carboxylic acids is 1. The van der Waals surface area contributed by atoms with Gasteiger partial charge >= 0.3 is 12.1 Å². The van der Waals surface area contributed by atoms with E-state index < -0.39 is 11.6 Å². The molecule has 1 aromatic rings. The van der Waals surface area contributed by atoms with Crippen molar-refractivity contribution in [2.75, 3.05) is 44.2 Å². The summed E-state index contributed by atoms with van der Waals surface area (Å²) in [5, 5.41) is 9.65. The van der Waals surface area contributed by atoms with E-state index >= 15 is 0 Å². The summed E-state index contributed by atoms with van der Waals surface area (Å²) in [7, 11) is 0. The SMILES string of the molecule is CC(C)(C)OC(=O)N1CCN(Cc2ccc(N3CCCC3)c(C(=O)O)c2)CC1. The highest BCUT2D eigenvalue weighted by atomic mass is 16.6. The highest BCUT2D eigenvalue weighted by Gasteiger charge is 2.26. The van der Waals surface area contributed by atoms with Crippen LogP contribution in [0.1, 0.15) is 49.5 Å². The third-order valence-corrected chi connectivity index (χ3v) is 5.17. The van der Waals surface area contributed by atoms with Crippen LogP contribution in [0.2, 0.25) is 0 Å². The maximum atomic E-state index is 12.2. The average Bonchev–Trinajstić information content (AvgIpc) is 3.15. The molecule has 0 atom stereocenters. The average molecular weight is 389 g/mol. The number of amides is 1. The molecule has 0 aliphatic carbocycles. The first kappa shape index (κ1) is 20.5. The van der Waals surface area contributed by atoms with Gasteiger partial charge in [-0.2, -0.15) is 0 Å². The Hall–Kier alpha value is -2.28. The minimum atomic E-state index is -0.876. The van der Waals surface area contributed by atoms with Crippen LogP contribution in [0.5, 0.6) is 0 Å². The number of rotatable bonds is 4. The third kappa shape index (κ3) is 5.16. The van der Waals surface area contributed by atoms with Crippen LogP contribution in [0.3, 0.4) is 0 Å². The molecule has 2 aliphatic heterocycles. The van der Waals surface area contributed by atoms with Crippen LogP contribution in [0.4, 0.5) is 10.5 Å². The summed E-state index contributed by atoms with van der Waals surface area (Å²) in [6, 6.07) is 5.78. The summed E-state index contributed by atoms with van der Waals surface area (Å²) in [5.74, 6) is -0.876. The van der Waals surface area contributed by atoms with Crippen LogP contribution in [0, 0.1) is 0 Å². The van der Waals surface area contributed by atoms with Crippen molar-refractivity contribution >= 4 is 17.7 Å². The second-order valence-corrected chi connectivity index (χ2v) is 8.59. The first-order chi connectivity index (χ1) is 13.2. The predicted octanol–water partition coefficient (Wildman–Crippen LogP) is 3.04. The van der Waals surface area contributed by atoms with Crippen molar-refractivity contribution < 1.29 is 19.4 Å². The number of ether oxygens (including phenoxy) is 1. The fourth-order valence-corrected chi connectivity index (χ4v) is 3.76. The lowest BCUT2D eigenvalue weighted by Gasteiger charge is -2.35. The van der Waals surface area contributed by atoms with Crippen LogP contribution in [0.15, 0.2) is 18.2 Å². The summed E-state index contributed by atoms with van der Waals surface area (Å²) in [6.45, 7) is 10.9. The molecule has 0 bridgehead atoms. The van der Waals surface area contributed by atoms with Crippen molar-refractivity contribution in [1.82, 2.24) is 9.80 Å². The molecule has 1 aromatic carbocycles. The normalized spacial score (nSPS) is 18.4. The van der Waals surface area contributed by atoms with Crippen LogP contribution in [-0.4, -0.2) is 71.8 Å². The fourth-order valence-electron chi connectivity index (χ4n) is 3.76. The Morgan fingerprint density at radius 2 is 1.68 bits per heavy atom. The van der Waals surface area contributed by atoms with Gasteiger partial charge < -0.3 is 19.6 Å². The molecule has 0 saturated carbocycles. The quantitative estimate of drug-likeness (QED) is 0.853. The molecule has 2 aliphatic rings. The topological polar surface area (TPSA) is 73.3 Å². The number of anilines is 1. The maximum absolute atomic E-state index is 12.2. The maximum Gasteiger partial charge on any atom is 0.410 e. The van der Waals surface area contributed by atoms with Crippen LogP contribution < -0.4 is 4.90 Å². The summed E-state index contributed by atoms with van der Waals surface area (Å²) in [5.41, 5.74) is 1.71. The molecule has 0 aromatic heterocycles. The molecule has 2 fully saturated rings. The van der Waals surface area contributed by atoms with E-state index in [1.807, 2.05) is 32.9 Å². The summed E-state index contributed by atoms with van der Waals surface area (Å²) >= 11 is 0. The Balaban J connectivity index is 1.60. The van der Waals surface area contributed by atoms with E-state index in [1.165, 1.54) is 0 Å². The molecule has 3 rings (SSSR count). The standard InChI is InChI=1S/C21H31N3O4/c1-21(2,3)28-20(27)24-12-10-22(11-13-24)15-16-6-7-18(17(14-16)19(25)26)23-8-4-5-9-23/h6-7,14H,4-5,8-13,15H2,1-3H3,(H,25,26). The Labute approximate surface area is 166 Å². The number of carbonyl (C=O) groups excluding carboxylic acids is 1. The van der Waals surface area contributed by atoms with Crippen molar-refractivity contribution in [3.05, 3.63) is 29.3 Å². The van der Waals surface area contributed by atoms with Gasteiger partial charge in [0.15, 0.2) is 0 Å². The molecule has 2 saturated heterocycles. The zero-order valence-electron chi connectivity index (χ0n) is 17.1. The number of carboxylic acid groups (broad SMARTS) is 1. The van der Waals surface area contributed by atoms with Gasteiger partial charge in [0.1, 0.15) is 5.60 Å². The van der Waals surface area contributed by atoms with Crippen LogP contribution in [0.25, 0.3) is 0 Å². The highest BCUT2D eigenvalue weighted by Crippen LogP contribution is 2.26. The fraction of sp³-hybridized carbons (Fsp3) is 0.619. The van der Waals surface area contributed by atoms with Gasteiger partial charge in [-0.3, -0.25) is 4.90 Å². The smallest absolute Gasteiger partial charge is 0.410 e. The van der Waals surface area contributed by atoms with Crippen molar-refractivity contribution in [3.63, 3.8) is 0 Å². The number of carbonyl (C=O) groups is 2. The van der Waals surface area contributed by atoms with E-state index in [1.54, 1.807) is 11.0 Å². The van der Waals surface area contributed by atoms with Crippen molar-refractivity contribution in [3.8, 4) is 0 Å². The zero-order chi connectivity index (χ0) is 20.3. The Morgan fingerprint density at radius 1 is 1.04 bits per heavy atom. The van der Waals surface area contributed by atoms with Gasteiger partial charge in [0.05, 0.1) is 11.3 Å². The molecule has 28 heavy (non-hydrogen) atoms. The number of nitrogens with zero attached hydrogens (tertiary/aromatic N) is 3. The second kappa shape index (κ2) is 8.39. The lowest BCUT2D eigenvalue weighted by atomic mass is 10.1. The number of piperazine rings is 1. The summed E-state index contributed by atoms with van der Waals surface area (Å²) < 4.78 is 5.43. The monoisotopic (exact) mass is 389 g/mol. The molecule has 0 unspecified atom stereocenters. The van der Waals surface area contributed by atoms with Crippen LogP contribution in [-0.2, 0) is 11.3 Å². The van der Waals surface area contributed by atoms with Gasteiger partial charge in [-0.25, -0.2) is 9.59 Å². The first-order valence-electron chi connectivity index (χ1n) is 10.0. The van der Waals surface area contributed by atoms with Gasteiger partial charge in [-0.15, -0.1) is 0 Å². The molecule has 154 valence electrons. The number of hydrogen-bond donors (Lipinski definition) is 1. The van der Waals surface area contributed by atoms with Gasteiger partial charge in [-0.05, 0) is 51.3 Å². The van der Waals surface area contributed by atoms with Crippen molar-refractivity contribution in [2.45, 2.75) is 45.8 Å². The predicted molar refractivity (Wildman–Crippen MR) is 108 cm³/mol. The van der Waals surface area contributed by atoms with Crippen LogP contribution >= 0.6 is 0 Å². The molecular weight excluding hydrogens is 358 g/mol. The van der Waals surface area contributed by atoms with E-state index in [4.69, 9.17) is 4.74 Å². The molecular formula is C21H31N3O4. The second-order valence-electron chi connectivity index (χ2n) is 8.59. The lowest BCUT2D eigenvalue weighted by molar-refractivity contribution is 0.0138. The number of carboxylic acids is 1. The largest absolute Gasteiger partial charge is 0.478 e. The minimum absolute atomic E-state index is 0.268. The molecule has 1 N–H and O–H groups in total. The summed E-state index contributed by atoms with van der Waals surface area (Å²) in [6.07, 6.45) is 1.96. The molecule has 7 nitrogen and oxygen atoms in total. The van der Waals surface area contributed by atoms with Crippen molar-refractivity contribution in [1.29, 1.82) is 0 Å². The van der Waals surface area contributed by atoms with E-state index in [-0.39, 0.29) is 6.09 Å².